The zero-order chi connectivity index (χ0) is 24.3. The van der Waals surface area contributed by atoms with Gasteiger partial charge in [-0.1, -0.05) is 18.2 Å². The number of fused-ring (bicyclic) bond motifs is 1. The van der Waals surface area contributed by atoms with Gasteiger partial charge in [0.15, 0.2) is 0 Å². The smallest absolute Gasteiger partial charge is 0.326 e. The van der Waals surface area contributed by atoms with E-state index in [9.17, 15) is 35.9 Å². The summed E-state index contributed by atoms with van der Waals surface area (Å²) in [6.07, 6.45) is -9.33. The molecule has 1 aliphatic carbocycles. The van der Waals surface area contributed by atoms with Crippen LogP contribution in [0.2, 0.25) is 0 Å². The molecule has 0 unspecified atom stereocenters. The van der Waals surface area contributed by atoms with Gasteiger partial charge in [0.2, 0.25) is 11.8 Å². The maximum Gasteiger partial charge on any atom is 0.416 e. The number of carbonyl (C=O) groups is 2. The Labute approximate surface area is 185 Å². The molecule has 176 valence electrons. The van der Waals surface area contributed by atoms with Crippen molar-refractivity contribution in [2.75, 3.05) is 16.8 Å². The number of carbonyl (C=O) groups excluding carboxylic acids is 2. The highest BCUT2D eigenvalue weighted by molar-refractivity contribution is 6.09. The Bertz CT molecular complexity index is 1090. The van der Waals surface area contributed by atoms with Crippen molar-refractivity contribution in [3.05, 3.63) is 58.7 Å². The molecule has 2 aromatic rings. The van der Waals surface area contributed by atoms with Gasteiger partial charge in [-0.25, -0.2) is 0 Å². The highest BCUT2D eigenvalue weighted by Gasteiger charge is 2.63. The van der Waals surface area contributed by atoms with Crippen molar-refractivity contribution < 1.29 is 35.9 Å². The van der Waals surface area contributed by atoms with Gasteiger partial charge in [0, 0.05) is 17.9 Å². The molecule has 1 saturated heterocycles. The number of para-hydroxylation sites is 1. The average Bonchev–Trinajstić information content (AvgIpc) is 2.86. The molecule has 4 rings (SSSR count). The summed E-state index contributed by atoms with van der Waals surface area (Å²) in [5.74, 6) is -1.70. The lowest BCUT2D eigenvalue weighted by Crippen LogP contribution is -2.50. The van der Waals surface area contributed by atoms with E-state index in [1.54, 1.807) is 0 Å². The van der Waals surface area contributed by atoms with E-state index in [0.29, 0.717) is 30.7 Å². The summed E-state index contributed by atoms with van der Waals surface area (Å²) in [5, 5.41) is 2.24. The maximum atomic E-state index is 13.2. The number of anilines is 2. The van der Waals surface area contributed by atoms with Crippen LogP contribution in [-0.2, 0) is 21.9 Å². The van der Waals surface area contributed by atoms with E-state index >= 15 is 0 Å². The number of hydrogen-bond acceptors (Lipinski definition) is 2. The van der Waals surface area contributed by atoms with Gasteiger partial charge in [-0.3, -0.25) is 9.59 Å². The summed E-state index contributed by atoms with van der Waals surface area (Å²) >= 11 is 0. The molecule has 2 aromatic carbocycles. The monoisotopic (exact) mass is 470 g/mol. The predicted molar refractivity (Wildman–Crippen MR) is 109 cm³/mol. The first kappa shape index (κ1) is 23.1. The second kappa shape index (κ2) is 7.50. The molecule has 1 aliphatic heterocycles. The van der Waals surface area contributed by atoms with Crippen molar-refractivity contribution in [1.29, 1.82) is 0 Å². The number of aryl methyl sites for hydroxylation is 2. The molecule has 2 fully saturated rings. The molecule has 10 heteroatoms. The number of rotatable bonds is 3. The second-order valence-electron chi connectivity index (χ2n) is 8.66. The molecular weight excluding hydrogens is 450 g/mol. The number of benzene rings is 2. The van der Waals surface area contributed by atoms with E-state index < -0.39 is 46.4 Å². The number of nitrogens with zero attached hydrogens (tertiary/aromatic N) is 1. The zero-order valence-electron chi connectivity index (χ0n) is 17.7. The fourth-order valence-electron chi connectivity index (χ4n) is 4.78. The van der Waals surface area contributed by atoms with Crippen LogP contribution in [0, 0.1) is 25.2 Å². The van der Waals surface area contributed by atoms with Crippen molar-refractivity contribution in [1.82, 2.24) is 0 Å². The fraction of sp³-hybridized carbons (Fsp3) is 0.391. The summed E-state index contributed by atoms with van der Waals surface area (Å²) in [7, 11) is 0. The third-order valence-electron chi connectivity index (χ3n) is 6.56. The molecule has 33 heavy (non-hydrogen) atoms. The van der Waals surface area contributed by atoms with E-state index in [1.165, 1.54) is 4.90 Å². The number of alkyl halides is 6. The summed E-state index contributed by atoms with van der Waals surface area (Å²) in [5.41, 5.74) is -2.54. The first-order valence-corrected chi connectivity index (χ1v) is 10.2. The number of nitrogens with one attached hydrogen (secondary N) is 1. The summed E-state index contributed by atoms with van der Waals surface area (Å²) in [4.78, 5) is 27.7. The molecule has 0 aromatic heterocycles. The van der Waals surface area contributed by atoms with Crippen molar-refractivity contribution in [2.24, 2.45) is 11.3 Å². The largest absolute Gasteiger partial charge is 0.416 e. The van der Waals surface area contributed by atoms with Crippen LogP contribution in [0.4, 0.5) is 37.7 Å². The fourth-order valence-corrected chi connectivity index (χ4v) is 4.78. The molecule has 4 nitrogen and oxygen atoms in total. The van der Waals surface area contributed by atoms with Crippen LogP contribution in [0.25, 0.3) is 0 Å². The van der Waals surface area contributed by atoms with Gasteiger partial charge in [-0.15, -0.1) is 0 Å². The summed E-state index contributed by atoms with van der Waals surface area (Å²) in [6.45, 7) is 3.66. The van der Waals surface area contributed by atoms with Crippen molar-refractivity contribution >= 4 is 23.2 Å². The van der Waals surface area contributed by atoms with E-state index in [0.717, 1.165) is 11.1 Å². The molecule has 2 aliphatic rings. The van der Waals surface area contributed by atoms with Crippen molar-refractivity contribution in [3.63, 3.8) is 0 Å². The van der Waals surface area contributed by atoms with Crippen LogP contribution < -0.4 is 10.2 Å². The van der Waals surface area contributed by atoms with E-state index in [1.807, 2.05) is 32.0 Å². The molecule has 2 amide bonds. The van der Waals surface area contributed by atoms with Crippen LogP contribution in [0.5, 0.6) is 0 Å². The first-order chi connectivity index (χ1) is 15.2. The Morgan fingerprint density at radius 1 is 1.00 bits per heavy atom. The standard InChI is InChI=1S/C23H20F6N2O2/c1-12-4-3-5-13(2)18(12)31-11-21(7-6-17(21)19(31)32)20(33)30-16-9-14(22(24,25)26)8-15(10-16)23(27,28)29/h3-5,8-10,17H,6-7,11H2,1-2H3,(H,30,33)/t17-,21-/m1/s1. The summed E-state index contributed by atoms with van der Waals surface area (Å²) in [6, 6.07) is 6.42. The van der Waals surface area contributed by atoms with Gasteiger partial charge in [-0.2, -0.15) is 26.3 Å². The molecule has 0 spiro atoms. The normalized spacial score (nSPS) is 22.7. The molecule has 0 bridgehead atoms. The third-order valence-corrected chi connectivity index (χ3v) is 6.56. The molecule has 1 heterocycles. The average molecular weight is 470 g/mol. The van der Waals surface area contributed by atoms with Gasteiger partial charge < -0.3 is 10.2 Å². The highest BCUT2D eigenvalue weighted by Crippen LogP contribution is 2.55. The maximum absolute atomic E-state index is 13.2. The van der Waals surface area contributed by atoms with Crippen molar-refractivity contribution in [2.45, 2.75) is 39.0 Å². The highest BCUT2D eigenvalue weighted by atomic mass is 19.4. The lowest BCUT2D eigenvalue weighted by Gasteiger charge is -2.40. The minimum absolute atomic E-state index is 0.00186. The molecular formula is C23H20F6N2O2. The van der Waals surface area contributed by atoms with Gasteiger partial charge in [0.1, 0.15) is 0 Å². The summed E-state index contributed by atoms with van der Waals surface area (Å²) < 4.78 is 78.9. The van der Waals surface area contributed by atoms with Crippen LogP contribution in [0.15, 0.2) is 36.4 Å². The molecule has 1 N–H and O–H groups in total. The SMILES string of the molecule is Cc1cccc(C)c1N1C[C@]2(C(=O)Nc3cc(C(F)(F)F)cc(C(F)(F)F)c3)CC[C@@H]2C1=O. The molecule has 2 atom stereocenters. The minimum atomic E-state index is -5.03. The minimum Gasteiger partial charge on any atom is -0.326 e. The predicted octanol–water partition coefficient (Wildman–Crippen LogP) is 5.72. The van der Waals surface area contributed by atoms with Gasteiger partial charge in [0.25, 0.3) is 0 Å². The van der Waals surface area contributed by atoms with Crippen LogP contribution in [0.1, 0.15) is 35.1 Å². The van der Waals surface area contributed by atoms with E-state index in [2.05, 4.69) is 5.32 Å². The lowest BCUT2D eigenvalue weighted by molar-refractivity contribution is -0.143. The Balaban J connectivity index is 1.66. The van der Waals surface area contributed by atoms with Crippen molar-refractivity contribution in [3.8, 4) is 0 Å². The quantitative estimate of drug-likeness (QED) is 0.584. The second-order valence-corrected chi connectivity index (χ2v) is 8.66. The molecule has 1 saturated carbocycles. The number of halogens is 6. The van der Waals surface area contributed by atoms with Gasteiger partial charge >= 0.3 is 12.4 Å². The Morgan fingerprint density at radius 2 is 1.55 bits per heavy atom. The first-order valence-electron chi connectivity index (χ1n) is 10.2. The number of hydrogen-bond donors (Lipinski definition) is 1. The Hall–Kier alpha value is -3.04. The lowest BCUT2D eigenvalue weighted by atomic mass is 9.61. The van der Waals surface area contributed by atoms with Gasteiger partial charge in [0.05, 0.1) is 22.5 Å². The Kier molecular flexibility index (Phi) is 5.25. The van der Waals surface area contributed by atoms with Crippen LogP contribution >= 0.6 is 0 Å². The zero-order valence-corrected chi connectivity index (χ0v) is 17.7. The van der Waals surface area contributed by atoms with Crippen LogP contribution in [0.3, 0.4) is 0 Å². The van der Waals surface area contributed by atoms with Gasteiger partial charge in [-0.05, 0) is 56.0 Å². The topological polar surface area (TPSA) is 49.4 Å². The van der Waals surface area contributed by atoms with E-state index in [4.69, 9.17) is 0 Å². The number of amides is 2. The van der Waals surface area contributed by atoms with E-state index in [-0.39, 0.29) is 18.5 Å². The van der Waals surface area contributed by atoms with Crippen LogP contribution in [-0.4, -0.2) is 18.4 Å². The molecule has 0 radical (unpaired) electrons. The third kappa shape index (κ3) is 3.85. The Morgan fingerprint density at radius 3 is 2.00 bits per heavy atom.